The van der Waals surface area contributed by atoms with Gasteiger partial charge in [0.1, 0.15) is 0 Å². The van der Waals surface area contributed by atoms with Crippen LogP contribution in [0.25, 0.3) is 0 Å². The SMILES string of the molecule is CC(N)CNS(=O)(=O)c1ccc2c(c1)C(C)C(=O)N2. The predicted octanol–water partition coefficient (Wildman–Crippen LogP) is 0.368. The highest BCUT2D eigenvalue weighted by Gasteiger charge is 2.28. The minimum Gasteiger partial charge on any atom is -0.327 e. The molecule has 2 unspecified atom stereocenters. The van der Waals surface area contributed by atoms with Gasteiger partial charge in [0.2, 0.25) is 15.9 Å². The first-order valence-electron chi connectivity index (χ1n) is 6.01. The summed E-state index contributed by atoms with van der Waals surface area (Å²) < 4.78 is 26.5. The Kier molecular flexibility index (Phi) is 3.62. The van der Waals surface area contributed by atoms with Gasteiger partial charge in [-0.05, 0) is 37.6 Å². The maximum absolute atomic E-state index is 12.1. The monoisotopic (exact) mass is 283 g/mol. The van der Waals surface area contributed by atoms with E-state index in [1.165, 1.54) is 12.1 Å². The molecule has 0 aromatic heterocycles. The molecule has 1 aliphatic heterocycles. The summed E-state index contributed by atoms with van der Waals surface area (Å²) in [5.41, 5.74) is 6.90. The summed E-state index contributed by atoms with van der Waals surface area (Å²) in [5.74, 6) is -0.452. The minimum absolute atomic E-state index is 0.118. The Hall–Kier alpha value is -1.44. The van der Waals surface area contributed by atoms with Crippen molar-refractivity contribution in [3.63, 3.8) is 0 Å². The van der Waals surface area contributed by atoms with E-state index in [0.29, 0.717) is 11.3 Å². The smallest absolute Gasteiger partial charge is 0.240 e. The normalized spacial score (nSPS) is 19.9. The average molecular weight is 283 g/mol. The Morgan fingerprint density at radius 3 is 2.79 bits per heavy atom. The zero-order chi connectivity index (χ0) is 14.2. The first-order chi connectivity index (χ1) is 8.81. The number of rotatable bonds is 4. The summed E-state index contributed by atoms with van der Waals surface area (Å²) in [4.78, 5) is 11.7. The van der Waals surface area contributed by atoms with Crippen molar-refractivity contribution in [3.8, 4) is 0 Å². The van der Waals surface area contributed by atoms with Gasteiger partial charge in [-0.25, -0.2) is 13.1 Å². The molecule has 0 spiro atoms. The van der Waals surface area contributed by atoms with Crippen molar-refractivity contribution in [2.24, 2.45) is 5.73 Å². The molecule has 1 heterocycles. The molecular weight excluding hydrogens is 266 g/mol. The van der Waals surface area contributed by atoms with Gasteiger partial charge < -0.3 is 11.1 Å². The largest absolute Gasteiger partial charge is 0.327 e. The van der Waals surface area contributed by atoms with Gasteiger partial charge in [-0.2, -0.15) is 0 Å². The van der Waals surface area contributed by atoms with Gasteiger partial charge in [0.25, 0.3) is 0 Å². The second-order valence-corrected chi connectivity index (χ2v) is 6.56. The van der Waals surface area contributed by atoms with Gasteiger partial charge in [0, 0.05) is 18.3 Å². The second-order valence-electron chi connectivity index (χ2n) is 4.79. The molecule has 104 valence electrons. The molecule has 0 fully saturated rings. The van der Waals surface area contributed by atoms with E-state index in [2.05, 4.69) is 10.0 Å². The Labute approximate surface area is 112 Å². The van der Waals surface area contributed by atoms with Gasteiger partial charge in [-0.15, -0.1) is 0 Å². The number of sulfonamides is 1. The molecule has 19 heavy (non-hydrogen) atoms. The maximum atomic E-state index is 12.1. The van der Waals surface area contributed by atoms with Crippen LogP contribution in [0.5, 0.6) is 0 Å². The molecule has 0 saturated carbocycles. The van der Waals surface area contributed by atoms with Crippen LogP contribution in [0.4, 0.5) is 5.69 Å². The van der Waals surface area contributed by atoms with Crippen molar-refractivity contribution in [2.45, 2.75) is 30.7 Å². The molecule has 1 aliphatic rings. The third-order valence-electron chi connectivity index (χ3n) is 3.05. The third-order valence-corrected chi connectivity index (χ3v) is 4.47. The van der Waals surface area contributed by atoms with Crippen LogP contribution in [-0.2, 0) is 14.8 Å². The zero-order valence-electron chi connectivity index (χ0n) is 10.8. The molecule has 4 N–H and O–H groups in total. The highest BCUT2D eigenvalue weighted by Crippen LogP contribution is 2.33. The van der Waals surface area contributed by atoms with Gasteiger partial charge in [0.05, 0.1) is 10.8 Å². The summed E-state index contributed by atoms with van der Waals surface area (Å²) in [5, 5.41) is 2.70. The lowest BCUT2D eigenvalue weighted by Crippen LogP contribution is -2.35. The fraction of sp³-hybridized carbons (Fsp3) is 0.417. The molecule has 6 nitrogen and oxygen atoms in total. The Morgan fingerprint density at radius 2 is 2.16 bits per heavy atom. The van der Waals surface area contributed by atoms with E-state index >= 15 is 0 Å². The number of carbonyl (C=O) groups excluding carboxylic acids is 1. The molecule has 0 aliphatic carbocycles. The van der Waals surface area contributed by atoms with Crippen molar-refractivity contribution in [2.75, 3.05) is 11.9 Å². The van der Waals surface area contributed by atoms with Crippen LogP contribution < -0.4 is 15.8 Å². The van der Waals surface area contributed by atoms with E-state index in [9.17, 15) is 13.2 Å². The molecule has 0 radical (unpaired) electrons. The predicted molar refractivity (Wildman–Crippen MR) is 72.3 cm³/mol. The summed E-state index contributed by atoms with van der Waals surface area (Å²) in [6.45, 7) is 3.63. The summed E-state index contributed by atoms with van der Waals surface area (Å²) in [6.07, 6.45) is 0. The lowest BCUT2D eigenvalue weighted by atomic mass is 10.0. The van der Waals surface area contributed by atoms with E-state index in [-0.39, 0.29) is 29.3 Å². The molecule has 0 bridgehead atoms. The Morgan fingerprint density at radius 1 is 1.47 bits per heavy atom. The molecule has 1 amide bonds. The van der Waals surface area contributed by atoms with Gasteiger partial charge in [-0.3, -0.25) is 4.79 Å². The third kappa shape index (κ3) is 2.78. The lowest BCUT2D eigenvalue weighted by Gasteiger charge is -2.10. The van der Waals surface area contributed by atoms with E-state index in [1.54, 1.807) is 19.9 Å². The summed E-state index contributed by atoms with van der Waals surface area (Å²) in [7, 11) is -3.59. The first kappa shape index (κ1) is 14.0. The standard InChI is InChI=1S/C12H17N3O3S/c1-7(13)6-14-19(17,18)9-3-4-11-10(5-9)8(2)12(16)15-11/h3-5,7-8,14H,6,13H2,1-2H3,(H,15,16). The molecule has 2 atom stereocenters. The van der Waals surface area contributed by atoms with Crippen molar-refractivity contribution < 1.29 is 13.2 Å². The molecule has 0 saturated heterocycles. The number of hydrogen-bond donors (Lipinski definition) is 3. The maximum Gasteiger partial charge on any atom is 0.240 e. The van der Waals surface area contributed by atoms with Crippen LogP contribution in [0.3, 0.4) is 0 Å². The molecule has 1 aromatic rings. The topological polar surface area (TPSA) is 101 Å². The number of benzene rings is 1. The quantitative estimate of drug-likeness (QED) is 0.743. The van der Waals surface area contributed by atoms with Crippen LogP contribution in [0, 0.1) is 0 Å². The van der Waals surface area contributed by atoms with Gasteiger partial charge >= 0.3 is 0 Å². The van der Waals surface area contributed by atoms with Crippen molar-refractivity contribution in [3.05, 3.63) is 23.8 Å². The van der Waals surface area contributed by atoms with E-state index in [4.69, 9.17) is 5.73 Å². The number of nitrogens with two attached hydrogens (primary N) is 1. The second kappa shape index (κ2) is 4.92. The summed E-state index contributed by atoms with van der Waals surface area (Å²) >= 11 is 0. The van der Waals surface area contributed by atoms with Crippen molar-refractivity contribution >= 4 is 21.6 Å². The summed E-state index contributed by atoms with van der Waals surface area (Å²) in [6, 6.07) is 4.35. The molecule has 2 rings (SSSR count). The van der Waals surface area contributed by atoms with Gasteiger partial charge in [-0.1, -0.05) is 0 Å². The van der Waals surface area contributed by atoms with Crippen LogP contribution in [-0.4, -0.2) is 26.9 Å². The number of amides is 1. The van der Waals surface area contributed by atoms with Crippen LogP contribution >= 0.6 is 0 Å². The van der Waals surface area contributed by atoms with E-state index in [1.807, 2.05) is 0 Å². The average Bonchev–Trinajstić information content (AvgIpc) is 2.63. The fourth-order valence-corrected chi connectivity index (χ4v) is 3.07. The number of anilines is 1. The van der Waals surface area contributed by atoms with Gasteiger partial charge in [0.15, 0.2) is 0 Å². The van der Waals surface area contributed by atoms with Crippen LogP contribution in [0.15, 0.2) is 23.1 Å². The van der Waals surface area contributed by atoms with Crippen LogP contribution in [0.2, 0.25) is 0 Å². The number of nitrogens with one attached hydrogen (secondary N) is 2. The van der Waals surface area contributed by atoms with Crippen molar-refractivity contribution in [1.82, 2.24) is 4.72 Å². The Balaban J connectivity index is 2.31. The highest BCUT2D eigenvalue weighted by molar-refractivity contribution is 7.89. The Bertz CT molecular complexity index is 611. The molecular formula is C12H17N3O3S. The lowest BCUT2D eigenvalue weighted by molar-refractivity contribution is -0.116. The fourth-order valence-electron chi connectivity index (χ4n) is 1.89. The molecule has 1 aromatic carbocycles. The molecule has 7 heteroatoms. The van der Waals surface area contributed by atoms with E-state index in [0.717, 1.165) is 0 Å². The highest BCUT2D eigenvalue weighted by atomic mass is 32.2. The zero-order valence-corrected chi connectivity index (χ0v) is 11.6. The minimum atomic E-state index is -3.59. The number of fused-ring (bicyclic) bond motifs is 1. The first-order valence-corrected chi connectivity index (χ1v) is 7.49. The van der Waals surface area contributed by atoms with Crippen molar-refractivity contribution in [1.29, 1.82) is 0 Å². The number of hydrogen-bond acceptors (Lipinski definition) is 4. The van der Waals surface area contributed by atoms with Crippen LogP contribution in [0.1, 0.15) is 25.3 Å². The number of carbonyl (C=O) groups is 1. The van der Waals surface area contributed by atoms with E-state index < -0.39 is 10.0 Å².